The molecule has 0 aliphatic heterocycles. The van der Waals surface area contributed by atoms with Gasteiger partial charge in [-0.3, -0.25) is 4.79 Å². The molecular formula is C13H16N4OS. The zero-order valence-corrected chi connectivity index (χ0v) is 11.7. The number of rotatable bonds is 4. The van der Waals surface area contributed by atoms with Crippen molar-refractivity contribution in [3.63, 3.8) is 0 Å². The quantitative estimate of drug-likeness (QED) is 0.589. The number of nitrogens with one attached hydrogen (secondary N) is 2. The van der Waals surface area contributed by atoms with Crippen molar-refractivity contribution in [3.8, 4) is 0 Å². The molecule has 100 valence electrons. The maximum Gasteiger partial charge on any atom is 0.253 e. The van der Waals surface area contributed by atoms with Crippen LogP contribution in [0.1, 0.15) is 25.7 Å². The largest absolute Gasteiger partial charge is 0.347 e. The number of nitrogens with two attached hydrogens (primary N) is 1. The van der Waals surface area contributed by atoms with Crippen molar-refractivity contribution < 1.29 is 4.79 Å². The van der Waals surface area contributed by atoms with Crippen LogP contribution >= 0.6 is 11.3 Å². The average Bonchev–Trinajstić information content (AvgIpc) is 2.75. The molecule has 0 spiro atoms. The topological polar surface area (TPSA) is 80.0 Å². The van der Waals surface area contributed by atoms with Crippen LogP contribution in [0.15, 0.2) is 24.4 Å². The van der Waals surface area contributed by atoms with Gasteiger partial charge in [-0.25, -0.2) is 10.8 Å². The molecule has 0 aliphatic rings. The third-order valence-electron chi connectivity index (χ3n) is 2.81. The van der Waals surface area contributed by atoms with E-state index in [4.69, 9.17) is 5.84 Å². The molecule has 0 fully saturated rings. The highest BCUT2D eigenvalue weighted by atomic mass is 32.1. The monoisotopic (exact) mass is 276 g/mol. The summed E-state index contributed by atoms with van der Waals surface area (Å²) >= 11 is 1.70. The maximum absolute atomic E-state index is 11.9. The molecule has 0 atom stereocenters. The number of carbonyl (C=O) groups excluding carboxylic acids is 1. The average molecular weight is 276 g/mol. The van der Waals surface area contributed by atoms with E-state index in [1.165, 1.54) is 16.6 Å². The van der Waals surface area contributed by atoms with Crippen LogP contribution in [0.4, 0.5) is 5.82 Å². The second kappa shape index (κ2) is 5.81. The lowest BCUT2D eigenvalue weighted by molar-refractivity contribution is 0.0951. The molecule has 0 unspecified atom stereocenters. The van der Waals surface area contributed by atoms with Crippen molar-refractivity contribution >= 4 is 23.1 Å². The Hall–Kier alpha value is -1.92. The fourth-order valence-electron chi connectivity index (χ4n) is 1.62. The first-order valence-electron chi connectivity index (χ1n) is 5.87. The Morgan fingerprint density at radius 2 is 2.21 bits per heavy atom. The number of nitrogen functional groups attached to an aromatic ring is 1. The number of carbonyl (C=O) groups is 1. The van der Waals surface area contributed by atoms with Gasteiger partial charge in [0, 0.05) is 16.0 Å². The van der Waals surface area contributed by atoms with E-state index in [1.54, 1.807) is 23.5 Å². The molecule has 2 aromatic rings. The number of amides is 1. The first kappa shape index (κ1) is 13.5. The molecule has 19 heavy (non-hydrogen) atoms. The van der Waals surface area contributed by atoms with Crippen LogP contribution in [0.5, 0.6) is 0 Å². The highest BCUT2D eigenvalue weighted by Crippen LogP contribution is 2.20. The zero-order chi connectivity index (χ0) is 13.8. The number of pyridine rings is 1. The number of anilines is 1. The summed E-state index contributed by atoms with van der Waals surface area (Å²) in [6, 6.07) is 5.44. The highest BCUT2D eigenvalue weighted by molar-refractivity contribution is 7.12. The second-order valence-corrected chi connectivity index (χ2v) is 5.55. The summed E-state index contributed by atoms with van der Waals surface area (Å²) in [6.07, 6.45) is 1.50. The molecule has 6 heteroatoms. The van der Waals surface area contributed by atoms with Crippen LogP contribution in [0.3, 0.4) is 0 Å². The lowest BCUT2D eigenvalue weighted by Crippen LogP contribution is -2.22. The van der Waals surface area contributed by atoms with Gasteiger partial charge in [-0.05, 0) is 37.6 Å². The van der Waals surface area contributed by atoms with E-state index >= 15 is 0 Å². The third-order valence-corrected chi connectivity index (χ3v) is 3.97. The minimum absolute atomic E-state index is 0.139. The minimum atomic E-state index is -0.139. The van der Waals surface area contributed by atoms with Crippen LogP contribution in [0, 0.1) is 13.8 Å². The van der Waals surface area contributed by atoms with Gasteiger partial charge in [0.15, 0.2) is 0 Å². The number of nitrogens with zero attached hydrogens (tertiary/aromatic N) is 1. The lowest BCUT2D eigenvalue weighted by atomic mass is 10.2. The van der Waals surface area contributed by atoms with Gasteiger partial charge in [-0.2, -0.15) is 0 Å². The van der Waals surface area contributed by atoms with E-state index in [0.29, 0.717) is 17.9 Å². The SMILES string of the molecule is Cc1cc(CNC(=O)c2ccc(NN)nc2)sc1C. The molecule has 4 N–H and O–H groups in total. The van der Waals surface area contributed by atoms with Gasteiger partial charge in [0.25, 0.3) is 5.91 Å². The molecule has 0 saturated carbocycles. The van der Waals surface area contributed by atoms with Crippen LogP contribution in [0.25, 0.3) is 0 Å². The van der Waals surface area contributed by atoms with Gasteiger partial charge >= 0.3 is 0 Å². The summed E-state index contributed by atoms with van der Waals surface area (Å²) in [5.41, 5.74) is 4.19. The zero-order valence-electron chi connectivity index (χ0n) is 10.9. The molecule has 2 aromatic heterocycles. The van der Waals surface area contributed by atoms with E-state index in [1.807, 2.05) is 0 Å². The van der Waals surface area contributed by atoms with Crippen molar-refractivity contribution in [3.05, 3.63) is 45.3 Å². The fourth-order valence-corrected chi connectivity index (χ4v) is 2.61. The molecule has 0 aromatic carbocycles. The molecule has 1 amide bonds. The van der Waals surface area contributed by atoms with Gasteiger partial charge in [-0.15, -0.1) is 11.3 Å². The van der Waals surface area contributed by atoms with E-state index in [9.17, 15) is 4.79 Å². The normalized spacial score (nSPS) is 10.3. The molecule has 0 saturated heterocycles. The first-order chi connectivity index (χ1) is 9.10. The molecule has 0 bridgehead atoms. The smallest absolute Gasteiger partial charge is 0.253 e. The van der Waals surface area contributed by atoms with Crippen molar-refractivity contribution in [1.29, 1.82) is 0 Å². The van der Waals surface area contributed by atoms with Gasteiger partial charge in [0.05, 0.1) is 12.1 Å². The van der Waals surface area contributed by atoms with Crippen LogP contribution in [-0.4, -0.2) is 10.9 Å². The predicted molar refractivity (Wildman–Crippen MR) is 77.0 cm³/mol. The summed E-state index contributed by atoms with van der Waals surface area (Å²) in [7, 11) is 0. The summed E-state index contributed by atoms with van der Waals surface area (Å²) in [6.45, 7) is 4.68. The van der Waals surface area contributed by atoms with E-state index in [-0.39, 0.29) is 5.91 Å². The maximum atomic E-state index is 11.9. The Morgan fingerprint density at radius 1 is 1.42 bits per heavy atom. The Kier molecular flexibility index (Phi) is 4.13. The molecular weight excluding hydrogens is 260 g/mol. The van der Waals surface area contributed by atoms with Gasteiger partial charge in [-0.1, -0.05) is 0 Å². The van der Waals surface area contributed by atoms with Crippen molar-refractivity contribution in [1.82, 2.24) is 10.3 Å². The number of hydrazine groups is 1. The number of aryl methyl sites for hydroxylation is 2. The third kappa shape index (κ3) is 3.30. The van der Waals surface area contributed by atoms with E-state index in [2.05, 4.69) is 35.6 Å². The van der Waals surface area contributed by atoms with E-state index in [0.717, 1.165) is 4.88 Å². The molecule has 0 radical (unpaired) electrons. The van der Waals surface area contributed by atoms with Gasteiger partial charge < -0.3 is 10.7 Å². The summed E-state index contributed by atoms with van der Waals surface area (Å²) in [5, 5.41) is 2.87. The fraction of sp³-hybridized carbons (Fsp3) is 0.231. The lowest BCUT2D eigenvalue weighted by Gasteiger charge is -2.04. The number of thiophene rings is 1. The Bertz CT molecular complexity index is 557. The second-order valence-electron chi connectivity index (χ2n) is 4.21. The number of hydrogen-bond donors (Lipinski definition) is 3. The van der Waals surface area contributed by atoms with Crippen LogP contribution in [0.2, 0.25) is 0 Å². The minimum Gasteiger partial charge on any atom is -0.347 e. The molecule has 0 aliphatic carbocycles. The number of hydrogen-bond acceptors (Lipinski definition) is 5. The standard InChI is InChI=1S/C13H16N4OS/c1-8-5-11(19-9(8)2)7-16-13(18)10-3-4-12(17-14)15-6-10/h3-6H,7,14H2,1-2H3,(H,15,17)(H,16,18). The van der Waals surface area contributed by atoms with Crippen molar-refractivity contribution in [2.45, 2.75) is 20.4 Å². The molecule has 5 nitrogen and oxygen atoms in total. The molecule has 2 heterocycles. The molecule has 2 rings (SSSR count). The van der Waals surface area contributed by atoms with Gasteiger partial charge in [0.1, 0.15) is 5.82 Å². The Balaban J connectivity index is 1.96. The van der Waals surface area contributed by atoms with Crippen LogP contribution < -0.4 is 16.6 Å². The highest BCUT2D eigenvalue weighted by Gasteiger charge is 2.07. The van der Waals surface area contributed by atoms with Crippen molar-refractivity contribution in [2.75, 3.05) is 5.43 Å². The number of aromatic nitrogens is 1. The predicted octanol–water partition coefficient (Wildman–Crippen LogP) is 1.98. The Labute approximate surface area is 115 Å². The summed E-state index contributed by atoms with van der Waals surface area (Å²) in [4.78, 5) is 18.3. The van der Waals surface area contributed by atoms with Gasteiger partial charge in [0.2, 0.25) is 0 Å². The van der Waals surface area contributed by atoms with Crippen molar-refractivity contribution in [2.24, 2.45) is 5.84 Å². The van der Waals surface area contributed by atoms with Crippen LogP contribution in [-0.2, 0) is 6.54 Å². The summed E-state index contributed by atoms with van der Waals surface area (Å²) in [5.74, 6) is 5.61. The summed E-state index contributed by atoms with van der Waals surface area (Å²) < 4.78 is 0. The Morgan fingerprint density at radius 3 is 2.74 bits per heavy atom. The first-order valence-corrected chi connectivity index (χ1v) is 6.68. The van der Waals surface area contributed by atoms with E-state index < -0.39 is 0 Å².